The van der Waals surface area contributed by atoms with Crippen molar-refractivity contribution in [2.45, 2.75) is 6.29 Å². The van der Waals surface area contributed by atoms with E-state index in [0.29, 0.717) is 11.8 Å². The van der Waals surface area contributed by atoms with E-state index in [0.717, 1.165) is 37.1 Å². The van der Waals surface area contributed by atoms with Crippen molar-refractivity contribution in [3.63, 3.8) is 0 Å². The molecule has 0 radical (unpaired) electrons. The first-order chi connectivity index (χ1) is 8.90. The Morgan fingerprint density at radius 2 is 2.00 bits per heavy atom. The highest BCUT2D eigenvalue weighted by molar-refractivity contribution is 5.46. The van der Waals surface area contributed by atoms with E-state index in [1.54, 1.807) is 0 Å². The third-order valence-electron chi connectivity index (χ3n) is 3.67. The SMILES string of the molecule is c1cc2c(cc1OC1OCC3COCC31)OCO2. The summed E-state index contributed by atoms with van der Waals surface area (Å²) >= 11 is 0. The van der Waals surface area contributed by atoms with Crippen LogP contribution >= 0.6 is 0 Å². The first-order valence-electron chi connectivity index (χ1n) is 6.16. The molecule has 2 saturated heterocycles. The standard InChI is InChI=1S/C13H14O5/c1-2-11-12(17-7-16-11)3-9(1)18-13-10-6-14-4-8(10)5-15-13/h1-3,8,10,13H,4-7H2. The second-order valence-corrected chi connectivity index (χ2v) is 4.80. The smallest absolute Gasteiger partial charge is 0.231 e. The normalized spacial score (nSPS) is 32.6. The molecule has 3 aliphatic heterocycles. The van der Waals surface area contributed by atoms with Crippen LogP contribution in [0.1, 0.15) is 0 Å². The predicted octanol–water partition coefficient (Wildman–Crippen LogP) is 1.41. The van der Waals surface area contributed by atoms with Crippen molar-refractivity contribution in [3.05, 3.63) is 18.2 Å². The fraction of sp³-hybridized carbons (Fsp3) is 0.538. The van der Waals surface area contributed by atoms with Crippen molar-refractivity contribution in [2.75, 3.05) is 26.6 Å². The predicted molar refractivity (Wildman–Crippen MR) is 60.7 cm³/mol. The Labute approximate surface area is 105 Å². The van der Waals surface area contributed by atoms with E-state index in [2.05, 4.69) is 0 Å². The topological polar surface area (TPSA) is 46.2 Å². The van der Waals surface area contributed by atoms with Gasteiger partial charge in [0, 0.05) is 12.0 Å². The van der Waals surface area contributed by atoms with Crippen molar-refractivity contribution >= 4 is 0 Å². The molecule has 5 heteroatoms. The van der Waals surface area contributed by atoms with Gasteiger partial charge in [0.2, 0.25) is 13.1 Å². The van der Waals surface area contributed by atoms with Crippen molar-refractivity contribution in [2.24, 2.45) is 11.8 Å². The summed E-state index contributed by atoms with van der Waals surface area (Å²) < 4.78 is 27.6. The van der Waals surface area contributed by atoms with E-state index < -0.39 is 0 Å². The summed E-state index contributed by atoms with van der Waals surface area (Å²) in [7, 11) is 0. The van der Waals surface area contributed by atoms with Crippen molar-refractivity contribution in [3.8, 4) is 17.2 Å². The lowest BCUT2D eigenvalue weighted by atomic mass is 9.99. The molecule has 0 aliphatic carbocycles. The fourth-order valence-corrected chi connectivity index (χ4v) is 2.64. The Morgan fingerprint density at radius 1 is 1.06 bits per heavy atom. The van der Waals surface area contributed by atoms with Crippen LogP contribution in [-0.4, -0.2) is 32.9 Å². The van der Waals surface area contributed by atoms with Gasteiger partial charge in [0.15, 0.2) is 11.5 Å². The Morgan fingerprint density at radius 3 is 3.00 bits per heavy atom. The molecule has 0 spiro atoms. The first kappa shape index (κ1) is 10.5. The Hall–Kier alpha value is -1.46. The zero-order chi connectivity index (χ0) is 11.9. The van der Waals surface area contributed by atoms with Gasteiger partial charge < -0.3 is 23.7 Å². The fourth-order valence-electron chi connectivity index (χ4n) is 2.64. The number of benzene rings is 1. The summed E-state index contributed by atoms with van der Waals surface area (Å²) in [5, 5.41) is 0. The Balaban J connectivity index is 1.51. The molecular formula is C13H14O5. The summed E-state index contributed by atoms with van der Waals surface area (Å²) in [6.45, 7) is 2.50. The van der Waals surface area contributed by atoms with Gasteiger partial charge in [-0.25, -0.2) is 0 Å². The average Bonchev–Trinajstić information content (AvgIpc) is 3.06. The molecule has 0 aromatic heterocycles. The molecule has 1 aromatic rings. The van der Waals surface area contributed by atoms with E-state index in [4.69, 9.17) is 23.7 Å². The first-order valence-corrected chi connectivity index (χ1v) is 6.16. The second kappa shape index (κ2) is 4.03. The van der Waals surface area contributed by atoms with Crippen LogP contribution in [0.2, 0.25) is 0 Å². The minimum atomic E-state index is -0.210. The molecule has 3 unspecified atom stereocenters. The van der Waals surface area contributed by atoms with Gasteiger partial charge in [0.25, 0.3) is 0 Å². The monoisotopic (exact) mass is 250 g/mol. The molecule has 18 heavy (non-hydrogen) atoms. The van der Waals surface area contributed by atoms with Crippen LogP contribution in [0, 0.1) is 11.8 Å². The Bertz CT molecular complexity index is 461. The molecule has 0 bridgehead atoms. The third kappa shape index (κ3) is 1.62. The molecule has 0 saturated carbocycles. The van der Waals surface area contributed by atoms with E-state index >= 15 is 0 Å². The molecule has 2 fully saturated rings. The zero-order valence-electron chi connectivity index (χ0n) is 9.83. The average molecular weight is 250 g/mol. The summed E-state index contributed by atoms with van der Waals surface area (Å²) in [6, 6.07) is 5.57. The largest absolute Gasteiger partial charge is 0.464 e. The van der Waals surface area contributed by atoms with Crippen LogP contribution in [-0.2, 0) is 9.47 Å². The molecule has 0 amide bonds. The minimum Gasteiger partial charge on any atom is -0.464 e. The van der Waals surface area contributed by atoms with Gasteiger partial charge in [-0.2, -0.15) is 0 Å². The zero-order valence-corrected chi connectivity index (χ0v) is 9.83. The highest BCUT2D eigenvalue weighted by atomic mass is 16.7. The van der Waals surface area contributed by atoms with Gasteiger partial charge in [0.05, 0.1) is 25.7 Å². The lowest BCUT2D eigenvalue weighted by Crippen LogP contribution is -2.25. The summed E-state index contributed by atoms with van der Waals surface area (Å²) in [4.78, 5) is 0. The molecule has 3 atom stereocenters. The molecule has 3 heterocycles. The maximum Gasteiger partial charge on any atom is 0.231 e. The number of rotatable bonds is 2. The van der Waals surface area contributed by atoms with Crippen molar-refractivity contribution in [1.82, 2.24) is 0 Å². The van der Waals surface area contributed by atoms with E-state index in [9.17, 15) is 0 Å². The van der Waals surface area contributed by atoms with Crippen molar-refractivity contribution < 1.29 is 23.7 Å². The van der Waals surface area contributed by atoms with Gasteiger partial charge in [-0.3, -0.25) is 0 Å². The lowest BCUT2D eigenvalue weighted by Gasteiger charge is -2.18. The quantitative estimate of drug-likeness (QED) is 0.794. The van der Waals surface area contributed by atoms with Crippen LogP contribution < -0.4 is 14.2 Å². The molecule has 3 aliphatic rings. The lowest BCUT2D eigenvalue weighted by molar-refractivity contribution is -0.0734. The van der Waals surface area contributed by atoms with Crippen LogP contribution in [0.3, 0.4) is 0 Å². The highest BCUT2D eigenvalue weighted by Gasteiger charge is 2.42. The van der Waals surface area contributed by atoms with Crippen LogP contribution in [0.4, 0.5) is 0 Å². The van der Waals surface area contributed by atoms with E-state index in [-0.39, 0.29) is 13.1 Å². The maximum atomic E-state index is 5.88. The van der Waals surface area contributed by atoms with Gasteiger partial charge in [-0.1, -0.05) is 0 Å². The second-order valence-electron chi connectivity index (χ2n) is 4.80. The number of hydrogen-bond donors (Lipinski definition) is 0. The third-order valence-corrected chi connectivity index (χ3v) is 3.67. The number of fused-ring (bicyclic) bond motifs is 2. The summed E-state index contributed by atoms with van der Waals surface area (Å²) in [6.07, 6.45) is -0.210. The molecule has 1 aromatic carbocycles. The Kier molecular flexibility index (Phi) is 2.34. The number of ether oxygens (including phenoxy) is 5. The van der Waals surface area contributed by atoms with Gasteiger partial charge in [0.1, 0.15) is 5.75 Å². The van der Waals surface area contributed by atoms with Crippen LogP contribution in [0.15, 0.2) is 18.2 Å². The molecule has 5 nitrogen and oxygen atoms in total. The van der Waals surface area contributed by atoms with Crippen molar-refractivity contribution in [1.29, 1.82) is 0 Å². The number of hydrogen-bond acceptors (Lipinski definition) is 5. The minimum absolute atomic E-state index is 0.210. The van der Waals surface area contributed by atoms with E-state index in [1.165, 1.54) is 0 Å². The van der Waals surface area contributed by atoms with Gasteiger partial charge >= 0.3 is 0 Å². The molecule has 96 valence electrons. The maximum absolute atomic E-state index is 5.88. The van der Waals surface area contributed by atoms with Gasteiger partial charge in [-0.15, -0.1) is 0 Å². The van der Waals surface area contributed by atoms with Gasteiger partial charge in [-0.05, 0) is 12.1 Å². The van der Waals surface area contributed by atoms with Crippen LogP contribution in [0.5, 0.6) is 17.2 Å². The van der Waals surface area contributed by atoms with E-state index in [1.807, 2.05) is 18.2 Å². The van der Waals surface area contributed by atoms with Crippen LogP contribution in [0.25, 0.3) is 0 Å². The highest BCUT2D eigenvalue weighted by Crippen LogP contribution is 2.38. The summed E-state index contributed by atoms with van der Waals surface area (Å²) in [5.74, 6) is 3.05. The molecular weight excluding hydrogens is 236 g/mol. The molecule has 0 N–H and O–H groups in total. The molecule has 4 rings (SSSR count). The summed E-state index contributed by atoms with van der Waals surface area (Å²) in [5.41, 5.74) is 0.